The van der Waals surface area contributed by atoms with E-state index >= 15 is 0 Å². The molecule has 0 amide bonds. The van der Waals surface area contributed by atoms with E-state index in [1.54, 1.807) is 30.3 Å². The molecule has 5 N–H and O–H groups in total. The van der Waals surface area contributed by atoms with Gasteiger partial charge >= 0.3 is 121 Å². The van der Waals surface area contributed by atoms with Gasteiger partial charge in [0.1, 0.15) is 5.60 Å². The average Bonchev–Trinajstić information content (AvgIpc) is 0.939. The summed E-state index contributed by atoms with van der Waals surface area (Å²) < 4.78 is 76.5. The molecule has 47 heteroatoms. The number of nitrogens with one attached hydrogen (secondary N) is 1. The Morgan fingerprint density at radius 2 is 0.992 bits per heavy atom. The number of nitro groups is 5. The summed E-state index contributed by atoms with van der Waals surface area (Å²) in [5, 5.41) is 77.1. The maximum Gasteiger partial charge on any atom is 0 e. The van der Waals surface area contributed by atoms with E-state index in [1.807, 2.05) is 6.07 Å². The number of hydrogen-bond donors (Lipinski definition) is 5. The van der Waals surface area contributed by atoms with E-state index in [-0.39, 0.29) is 108 Å². The van der Waals surface area contributed by atoms with Gasteiger partial charge in [0.25, 0.3) is 3.25 Å². The molecule has 37 nitrogen and oxygen atoms in total. The number of H-pyrrole nitrogens is 1. The number of allylic oxidation sites excluding steroid dienone is 2. The fraction of sp³-hybridized carbons (Fsp3) is 0.387. The number of hydrogen-bond acceptors (Lipinski definition) is 26. The van der Waals surface area contributed by atoms with Gasteiger partial charge in [-0.3, -0.25) is 60.2 Å². The van der Waals surface area contributed by atoms with Crippen molar-refractivity contribution in [2.75, 3.05) is 46.2 Å². The van der Waals surface area contributed by atoms with Gasteiger partial charge in [0.15, 0.2) is 40.3 Å². The van der Waals surface area contributed by atoms with Crippen LogP contribution >= 0.6 is 91.1 Å². The van der Waals surface area contributed by atoms with E-state index in [0.29, 0.717) is 33.7 Å². The van der Waals surface area contributed by atoms with Gasteiger partial charge in [0.2, 0.25) is 8.32 Å². The molecule has 2 heterocycles. The second-order valence-corrected chi connectivity index (χ2v) is 33.4. The van der Waals surface area contributed by atoms with Gasteiger partial charge in [-0.05, 0) is 176 Å². The zero-order valence-corrected chi connectivity index (χ0v) is 76.6. The van der Waals surface area contributed by atoms with Gasteiger partial charge in [-0.1, -0.05) is 102 Å². The van der Waals surface area contributed by atoms with Crippen LogP contribution in [0.1, 0.15) is 135 Å². The van der Waals surface area contributed by atoms with Crippen LogP contribution < -0.4 is 29.6 Å². The number of aromatic amines is 1. The van der Waals surface area contributed by atoms with Crippen molar-refractivity contribution in [1.29, 1.82) is 0 Å². The molecule has 4 aliphatic rings. The van der Waals surface area contributed by atoms with Crippen molar-refractivity contribution >= 4 is 158 Å². The zero-order chi connectivity index (χ0) is 93.6. The Labute approximate surface area is 763 Å². The number of nitro benzene ring substituents is 5. The van der Waals surface area contributed by atoms with Crippen molar-refractivity contribution < 1.29 is 127 Å². The van der Waals surface area contributed by atoms with E-state index in [0.717, 1.165) is 54.6 Å². The van der Waals surface area contributed by atoms with E-state index in [4.69, 9.17) is 118 Å². The fourth-order valence-electron chi connectivity index (χ4n) is 10.8. The molecule has 0 saturated heterocycles. The van der Waals surface area contributed by atoms with Gasteiger partial charge in [0.05, 0.1) is 82.7 Å². The smallest absolute Gasteiger partial charge is 0 e. The number of carbonyl (C=O) groups is 2. The number of alkyl halides is 6. The summed E-state index contributed by atoms with van der Waals surface area (Å²) in [7, 11) is 9.93. The molecule has 10 rings (SSSR count). The number of ether oxygens (including phenoxy) is 5. The van der Waals surface area contributed by atoms with Crippen LogP contribution in [0.15, 0.2) is 124 Å². The van der Waals surface area contributed by atoms with Gasteiger partial charge in [-0.15, -0.1) is 0 Å². The molecule has 661 valence electrons. The van der Waals surface area contributed by atoms with Crippen molar-refractivity contribution in [3.63, 3.8) is 0 Å². The number of aryl methyl sites for hydroxylation is 2. The third kappa shape index (κ3) is 47.4. The standard InChI is InChI=1S/C16H20N2O4.C15H16N2O3.C9H9BrN2O4.C9H8BrNO4.C9H9NO4.C9H18OSi.CCl4.6CO.CH4.BHNS.Mo.H3NO/c1-16-8-4-3-5-12(16)10-13(17-22-16)11-6-7-15(21-2)14(9-11)18(19)20;1-20-15-7-6-11(9-14(15)17(18)19)13-8-10-4-2-3-5-12(10)16-13;1-16-9-3-2-6(7(5-10)11-13)4-8(9)12(14)15;1-15-9-3-2-6(8(12)5-10)4-7(9)11(13)14;1-6(11)7-3-4-9(14-2)8(5-7)10(12)13;1-11(2,3)10-9-7-5-4-6-8-9;2-1(3,4)5;6*1-2;;1-2-3;;1-2/h6-7,9,12H,3-5,8,10H2,1-2H3;6-9,16H,2-5H2,1H3;2-4,13H,5H2,1H3;2-4H,5H2,1H3;3-5H,1-2H3;7H,4-6,8H2,1-3H3;;;;;;;;1H4;3H;;2H,1H2/b;;11-7+;;;;;;;;;;;;;;. The predicted molar refractivity (Wildman–Crippen MR) is 458 cm³/mol. The molecule has 6 aromatic rings. The SMILES string of the molecule is C.COc1ccc(-c2cc3c([nH]2)CCCC3)cc1[N+](=O)[O-].COc1ccc(/C(CBr)=N/O)cc1[N+](=O)[O-].COc1ccc(C(=O)CBr)cc1[N+](=O)[O-].COc1ccc(C(C)=O)cc1[N+](=O)[O-].COc1ccc(C2=NOC3(C)CCCCC3C2)cc1[N+](=O)[O-].C[Si](C)(C)OC1=CCCCC1.ClC(Cl)(Cl)Cl.NO.[B]=NS.[C-]#[O+].[C-]#[O+].[C-]#[O+].[C-]#[O+].[C-]#[O+].[C-]#[O+].[Mo]. The summed E-state index contributed by atoms with van der Waals surface area (Å²) >= 11 is 28.6. The molecule has 0 bridgehead atoms. The van der Waals surface area contributed by atoms with Gasteiger partial charge in [-0.25, -0.2) is 5.90 Å². The fourth-order valence-corrected chi connectivity index (χ4v) is 12.5. The topological polar surface area (TPSA) is 553 Å². The quantitative estimate of drug-likeness (QED) is 0.00480. The minimum absolute atomic E-state index is 0. The first-order chi connectivity index (χ1) is 57.0. The molecule has 2 unspecified atom stereocenters. The van der Waals surface area contributed by atoms with E-state index in [9.17, 15) is 60.2 Å². The molecule has 3 aliphatic carbocycles. The van der Waals surface area contributed by atoms with Crippen molar-refractivity contribution in [2.45, 2.75) is 133 Å². The molecule has 5 aromatic carbocycles. The summed E-state index contributed by atoms with van der Waals surface area (Å²) in [6, 6.07) is 24.7. The number of carbonyl (C=O) groups excluding carboxylic acids is 2. The predicted octanol–water partition coefficient (Wildman–Crippen LogP) is 19.1. The zero-order valence-electron chi connectivity index (χ0n) is 66.5. The van der Waals surface area contributed by atoms with Crippen LogP contribution in [0.4, 0.5) is 28.4 Å². The Morgan fingerprint density at radius 3 is 1.36 bits per heavy atom. The summed E-state index contributed by atoms with van der Waals surface area (Å²) in [4.78, 5) is 83.0. The third-order valence-corrected chi connectivity index (χ3v) is 17.8. The Bertz CT molecular complexity index is 4400. The molecule has 122 heavy (non-hydrogen) atoms. The van der Waals surface area contributed by atoms with Gasteiger partial charge in [0, 0.05) is 115 Å². The molecule has 1 saturated carbocycles. The van der Waals surface area contributed by atoms with Crippen LogP contribution in [0.5, 0.6) is 28.7 Å². The van der Waals surface area contributed by atoms with Gasteiger partial charge in [-0.2, -0.15) is 0 Å². The molecule has 1 aliphatic heterocycles. The Balaban J connectivity index is -0.000000250. The third-order valence-electron chi connectivity index (χ3n) is 15.9. The second kappa shape index (κ2) is 71.2. The number of methoxy groups -OCH3 is 5. The molecule has 1 radical (unpaired) electrons. The minimum atomic E-state index is -1.61. The van der Waals surface area contributed by atoms with Crippen LogP contribution in [-0.4, -0.2) is 134 Å². The molecule has 1 fully saturated rings. The van der Waals surface area contributed by atoms with E-state index in [1.165, 1.54) is 165 Å². The van der Waals surface area contributed by atoms with Crippen LogP contribution in [0.2, 0.25) is 19.6 Å². The maximum atomic E-state index is 11.3. The first-order valence-electron chi connectivity index (χ1n) is 33.6. The van der Waals surface area contributed by atoms with Gasteiger partial charge < -0.3 is 48.3 Å². The number of aromatic nitrogens is 1. The number of nitrogens with two attached hydrogens (primary N) is 1. The summed E-state index contributed by atoms with van der Waals surface area (Å²) in [5.74, 6) is 5.78. The van der Waals surface area contributed by atoms with E-state index in [2.05, 4.69) is 156 Å². The molecule has 0 spiro atoms. The Hall–Kier alpha value is -9.20. The first kappa shape index (κ1) is 126. The first-order valence-corrected chi connectivity index (χ1v) is 41.2. The number of thiol groups is 1. The van der Waals surface area contributed by atoms with Crippen molar-refractivity contribution in [1.82, 2.24) is 4.98 Å². The van der Waals surface area contributed by atoms with Crippen molar-refractivity contribution in [3.05, 3.63) is 233 Å². The van der Waals surface area contributed by atoms with Crippen molar-refractivity contribution in [3.8, 4) is 40.0 Å². The Morgan fingerprint density at radius 1 is 0.623 bits per heavy atom. The Kier molecular flexibility index (Phi) is 73.6. The molecule has 1 aromatic heterocycles. The number of rotatable bonds is 19. The number of benzene rings is 5. The largest absolute Gasteiger partial charge is 0 e. The molecular weight excluding hydrogens is 1940 g/mol. The average molecular weight is 2030 g/mol. The van der Waals surface area contributed by atoms with Crippen LogP contribution in [0.25, 0.3) is 11.3 Å². The van der Waals surface area contributed by atoms with Crippen LogP contribution in [-0.2, 0) is 71.1 Å². The second-order valence-electron chi connectivity index (χ2n) is 24.2. The van der Waals surface area contributed by atoms with Crippen LogP contribution in [0, 0.1) is 96.4 Å². The van der Waals surface area contributed by atoms with Crippen LogP contribution in [0.3, 0.4) is 0 Å². The molecular formula is C75H88BBr2Cl4MoN10O27SSi. The number of halogens is 6. The number of ketones is 2. The molecule has 2 atom stereocenters. The normalized spacial score (nSPS) is 13.5. The number of oxime groups is 2. The number of Topliss-reactive ketones (excluding diaryl/α,β-unsaturated/α-hetero) is 2. The summed E-state index contributed by atoms with van der Waals surface area (Å²) in [5.41, 5.74) is 6.48. The van der Waals surface area contributed by atoms with E-state index < -0.39 is 36.2 Å². The monoisotopic (exact) mass is 2030 g/mol. The van der Waals surface area contributed by atoms with Crippen molar-refractivity contribution in [2.24, 2.45) is 26.4 Å². The summed E-state index contributed by atoms with van der Waals surface area (Å²) in [6.45, 7) is 37.2. The number of nitrogens with zero attached hydrogens (tertiary/aromatic N) is 8. The number of fused-ring (bicyclic) bond motifs is 2. The summed E-state index contributed by atoms with van der Waals surface area (Å²) in [6.07, 6.45) is 17.2. The maximum absolute atomic E-state index is 11.3. The minimum Gasteiger partial charge on any atom is 0 e.